The number of hydrogen-bond donors (Lipinski definition) is 2. The van der Waals surface area contributed by atoms with E-state index < -0.39 is 0 Å². The predicted octanol–water partition coefficient (Wildman–Crippen LogP) is 1.15. The first kappa shape index (κ1) is 8.97. The molecule has 0 unspecified atom stereocenters. The maximum atomic E-state index is 11.1. The number of fused-ring (bicyclic) bond motifs is 1. The molecule has 1 aromatic rings. The quantitative estimate of drug-likeness (QED) is 0.731. The van der Waals surface area contributed by atoms with Gasteiger partial charge in [-0.25, -0.2) is 0 Å². The first-order chi connectivity index (χ1) is 6.79. The summed E-state index contributed by atoms with van der Waals surface area (Å²) in [5, 5.41) is 2.79. The summed E-state index contributed by atoms with van der Waals surface area (Å²) in [7, 11) is 0. The van der Waals surface area contributed by atoms with E-state index in [0.29, 0.717) is 13.0 Å². The summed E-state index contributed by atoms with van der Waals surface area (Å²) in [4.78, 5) is 11.1. The highest BCUT2D eigenvalue weighted by molar-refractivity contribution is 5.99. The van der Waals surface area contributed by atoms with Crippen LogP contribution < -0.4 is 11.1 Å². The molecular weight excluding hydrogens is 176 g/mol. The summed E-state index contributed by atoms with van der Waals surface area (Å²) in [5.41, 5.74) is 8.44. The lowest BCUT2D eigenvalue weighted by Crippen LogP contribution is -2.03. The van der Waals surface area contributed by atoms with Crippen molar-refractivity contribution in [1.29, 1.82) is 0 Å². The Hall–Kier alpha value is -1.61. The Kier molecular flexibility index (Phi) is 2.33. The Labute approximate surface area is 82.6 Å². The second-order valence-electron chi connectivity index (χ2n) is 3.28. The molecule has 0 saturated heterocycles. The highest BCUT2D eigenvalue weighted by Gasteiger charge is 2.16. The standard InChI is InChI=1S/C11H12N2O/c12-5-1-2-8-3-4-10-9(6-8)7-11(14)13-10/h1-4,6H,5,7,12H2,(H,13,14). The van der Waals surface area contributed by atoms with E-state index in [2.05, 4.69) is 5.32 Å². The molecule has 0 spiro atoms. The lowest BCUT2D eigenvalue weighted by Gasteiger charge is -1.99. The molecule has 0 saturated carbocycles. The monoisotopic (exact) mass is 188 g/mol. The van der Waals surface area contributed by atoms with Crippen LogP contribution in [-0.2, 0) is 11.2 Å². The van der Waals surface area contributed by atoms with Crippen molar-refractivity contribution in [2.45, 2.75) is 6.42 Å². The molecule has 0 radical (unpaired) electrons. The molecule has 1 aliphatic heterocycles. The molecule has 0 fully saturated rings. The number of nitrogens with one attached hydrogen (secondary N) is 1. The van der Waals surface area contributed by atoms with Gasteiger partial charge >= 0.3 is 0 Å². The molecule has 1 heterocycles. The zero-order valence-electron chi connectivity index (χ0n) is 7.79. The van der Waals surface area contributed by atoms with E-state index in [1.807, 2.05) is 30.4 Å². The average molecular weight is 188 g/mol. The Balaban J connectivity index is 2.28. The number of benzene rings is 1. The summed E-state index contributed by atoms with van der Waals surface area (Å²) in [6, 6.07) is 5.91. The number of amides is 1. The van der Waals surface area contributed by atoms with Gasteiger partial charge in [-0.1, -0.05) is 18.2 Å². The number of carbonyl (C=O) groups is 1. The maximum absolute atomic E-state index is 11.1. The number of anilines is 1. The van der Waals surface area contributed by atoms with Gasteiger partial charge in [0.25, 0.3) is 0 Å². The zero-order chi connectivity index (χ0) is 9.97. The van der Waals surface area contributed by atoms with Gasteiger partial charge in [-0.2, -0.15) is 0 Å². The van der Waals surface area contributed by atoms with E-state index in [-0.39, 0.29) is 5.91 Å². The van der Waals surface area contributed by atoms with E-state index in [9.17, 15) is 4.79 Å². The third-order valence-corrected chi connectivity index (χ3v) is 2.20. The van der Waals surface area contributed by atoms with Crippen molar-refractivity contribution < 1.29 is 4.79 Å². The van der Waals surface area contributed by atoms with E-state index in [1.54, 1.807) is 0 Å². The van der Waals surface area contributed by atoms with Gasteiger partial charge in [-0.3, -0.25) is 4.79 Å². The van der Waals surface area contributed by atoms with Crippen LogP contribution in [0.1, 0.15) is 11.1 Å². The molecule has 0 bridgehead atoms. The summed E-state index contributed by atoms with van der Waals surface area (Å²) in [6.07, 6.45) is 4.34. The fourth-order valence-corrected chi connectivity index (χ4v) is 1.56. The van der Waals surface area contributed by atoms with Crippen LogP contribution >= 0.6 is 0 Å². The second-order valence-corrected chi connectivity index (χ2v) is 3.28. The largest absolute Gasteiger partial charge is 0.327 e. The van der Waals surface area contributed by atoms with Crippen LogP contribution in [0.4, 0.5) is 5.69 Å². The normalized spacial score (nSPS) is 14.5. The molecule has 3 nitrogen and oxygen atoms in total. The summed E-state index contributed by atoms with van der Waals surface area (Å²) < 4.78 is 0. The molecule has 0 aromatic heterocycles. The van der Waals surface area contributed by atoms with Gasteiger partial charge in [0, 0.05) is 12.2 Å². The molecule has 3 heteroatoms. The number of hydrogen-bond acceptors (Lipinski definition) is 2. The van der Waals surface area contributed by atoms with Crippen LogP contribution in [0.15, 0.2) is 24.3 Å². The van der Waals surface area contributed by atoms with Crippen LogP contribution in [0.5, 0.6) is 0 Å². The Morgan fingerprint density at radius 3 is 3.14 bits per heavy atom. The minimum atomic E-state index is 0.0694. The second kappa shape index (κ2) is 3.64. The zero-order valence-corrected chi connectivity index (χ0v) is 7.79. The molecular formula is C11H12N2O. The van der Waals surface area contributed by atoms with Crippen LogP contribution in [0.25, 0.3) is 6.08 Å². The first-order valence-corrected chi connectivity index (χ1v) is 4.59. The van der Waals surface area contributed by atoms with Gasteiger partial charge in [-0.15, -0.1) is 0 Å². The summed E-state index contributed by atoms with van der Waals surface area (Å²) in [6.45, 7) is 0.536. The van der Waals surface area contributed by atoms with Gasteiger partial charge in [0.1, 0.15) is 0 Å². The minimum absolute atomic E-state index is 0.0694. The Bertz CT molecular complexity index is 396. The van der Waals surface area contributed by atoms with Crippen LogP contribution in [-0.4, -0.2) is 12.5 Å². The van der Waals surface area contributed by atoms with E-state index in [4.69, 9.17) is 5.73 Å². The molecule has 1 aliphatic rings. The van der Waals surface area contributed by atoms with E-state index in [0.717, 1.165) is 16.8 Å². The van der Waals surface area contributed by atoms with Gasteiger partial charge < -0.3 is 11.1 Å². The minimum Gasteiger partial charge on any atom is -0.327 e. The van der Waals surface area contributed by atoms with Gasteiger partial charge in [0.15, 0.2) is 0 Å². The Morgan fingerprint density at radius 1 is 1.50 bits per heavy atom. The third kappa shape index (κ3) is 1.67. The van der Waals surface area contributed by atoms with Crippen molar-refractivity contribution in [2.75, 3.05) is 11.9 Å². The molecule has 0 atom stereocenters. The predicted molar refractivity (Wildman–Crippen MR) is 56.9 cm³/mol. The van der Waals surface area contributed by atoms with Gasteiger partial charge in [0.2, 0.25) is 5.91 Å². The lowest BCUT2D eigenvalue weighted by molar-refractivity contribution is -0.115. The van der Waals surface area contributed by atoms with Crippen molar-refractivity contribution in [3.05, 3.63) is 35.4 Å². The highest BCUT2D eigenvalue weighted by Crippen LogP contribution is 2.24. The average Bonchev–Trinajstić information content (AvgIpc) is 2.54. The molecule has 1 aromatic carbocycles. The van der Waals surface area contributed by atoms with Gasteiger partial charge in [-0.05, 0) is 23.3 Å². The van der Waals surface area contributed by atoms with Crippen molar-refractivity contribution >= 4 is 17.7 Å². The number of nitrogens with two attached hydrogens (primary N) is 1. The smallest absolute Gasteiger partial charge is 0.228 e. The van der Waals surface area contributed by atoms with Crippen LogP contribution in [0, 0.1) is 0 Å². The van der Waals surface area contributed by atoms with Crippen molar-refractivity contribution in [3.8, 4) is 0 Å². The molecule has 3 N–H and O–H groups in total. The van der Waals surface area contributed by atoms with Gasteiger partial charge in [0.05, 0.1) is 6.42 Å². The van der Waals surface area contributed by atoms with E-state index >= 15 is 0 Å². The van der Waals surface area contributed by atoms with Crippen molar-refractivity contribution in [3.63, 3.8) is 0 Å². The molecule has 14 heavy (non-hydrogen) atoms. The third-order valence-electron chi connectivity index (χ3n) is 2.20. The highest BCUT2D eigenvalue weighted by atomic mass is 16.1. The topological polar surface area (TPSA) is 55.1 Å². The molecule has 2 rings (SSSR count). The molecule has 72 valence electrons. The molecule has 1 amide bonds. The fraction of sp³-hybridized carbons (Fsp3) is 0.182. The van der Waals surface area contributed by atoms with Crippen molar-refractivity contribution in [2.24, 2.45) is 5.73 Å². The maximum Gasteiger partial charge on any atom is 0.228 e. The summed E-state index contributed by atoms with van der Waals surface area (Å²) >= 11 is 0. The number of rotatable bonds is 2. The first-order valence-electron chi connectivity index (χ1n) is 4.59. The SMILES string of the molecule is NCC=Cc1ccc2c(c1)CC(=O)N2. The van der Waals surface area contributed by atoms with Crippen LogP contribution in [0.3, 0.4) is 0 Å². The molecule has 0 aliphatic carbocycles. The van der Waals surface area contributed by atoms with Crippen molar-refractivity contribution in [1.82, 2.24) is 0 Å². The number of carbonyl (C=O) groups excluding carboxylic acids is 1. The summed E-state index contributed by atoms with van der Waals surface area (Å²) in [5.74, 6) is 0.0694. The lowest BCUT2D eigenvalue weighted by atomic mass is 10.1. The van der Waals surface area contributed by atoms with E-state index in [1.165, 1.54) is 0 Å². The Morgan fingerprint density at radius 2 is 2.36 bits per heavy atom. The van der Waals surface area contributed by atoms with Crippen LogP contribution in [0.2, 0.25) is 0 Å². The fourth-order valence-electron chi connectivity index (χ4n) is 1.56.